The van der Waals surface area contributed by atoms with E-state index in [1.54, 1.807) is 12.1 Å². The van der Waals surface area contributed by atoms with Crippen molar-refractivity contribution in [2.75, 3.05) is 0 Å². The second-order valence-corrected chi connectivity index (χ2v) is 3.53. The van der Waals surface area contributed by atoms with Gasteiger partial charge in [-0.25, -0.2) is 0 Å². The summed E-state index contributed by atoms with van der Waals surface area (Å²) in [5, 5.41) is 0. The van der Waals surface area contributed by atoms with E-state index in [1.807, 2.05) is 19.9 Å². The first-order valence-corrected chi connectivity index (χ1v) is 4.60. The van der Waals surface area contributed by atoms with Crippen molar-refractivity contribution in [3.63, 3.8) is 0 Å². The van der Waals surface area contributed by atoms with Crippen molar-refractivity contribution in [1.29, 1.82) is 0 Å². The Bertz CT molecular complexity index is 399. The molecule has 0 radical (unpaired) electrons. The van der Waals surface area contributed by atoms with E-state index >= 15 is 0 Å². The van der Waals surface area contributed by atoms with Crippen molar-refractivity contribution >= 4 is 11.8 Å². The predicted molar refractivity (Wildman–Crippen MR) is 57.0 cm³/mol. The largest absolute Gasteiger partial charge is 0.369 e. The Balaban J connectivity index is 3.29. The van der Waals surface area contributed by atoms with Crippen LogP contribution in [0.25, 0.3) is 0 Å². The van der Waals surface area contributed by atoms with Gasteiger partial charge in [-0.15, -0.1) is 0 Å². The van der Waals surface area contributed by atoms with Crippen LogP contribution in [0.3, 0.4) is 0 Å². The Morgan fingerprint density at radius 2 is 1.67 bits per heavy atom. The number of benzene rings is 1. The molecule has 0 aliphatic heterocycles. The second kappa shape index (κ2) is 4.13. The molecule has 0 aliphatic carbocycles. The third-order valence-electron chi connectivity index (χ3n) is 2.53. The molecular formula is C11H14N2O2. The lowest BCUT2D eigenvalue weighted by Crippen LogP contribution is -2.33. The molecule has 4 heteroatoms. The van der Waals surface area contributed by atoms with Crippen molar-refractivity contribution in [3.05, 3.63) is 34.9 Å². The van der Waals surface area contributed by atoms with Gasteiger partial charge in [0.15, 0.2) is 0 Å². The summed E-state index contributed by atoms with van der Waals surface area (Å²) < 4.78 is 0. The fourth-order valence-electron chi connectivity index (χ4n) is 1.53. The number of aryl methyl sites for hydroxylation is 1. The standard InChI is InChI=1S/C11H14N2O2/c1-6-4-3-5-8(7(6)2)9(10(12)14)11(13)15/h3-5,9H,1-2H3,(H2,12,14)(H2,13,15). The van der Waals surface area contributed by atoms with Gasteiger partial charge in [0.2, 0.25) is 11.8 Å². The molecule has 1 aromatic carbocycles. The maximum atomic E-state index is 11.1. The molecular weight excluding hydrogens is 192 g/mol. The number of carbonyl (C=O) groups is 2. The van der Waals surface area contributed by atoms with Gasteiger partial charge in [-0.1, -0.05) is 18.2 Å². The van der Waals surface area contributed by atoms with Crippen molar-refractivity contribution in [2.24, 2.45) is 11.5 Å². The molecule has 0 saturated heterocycles. The highest BCUT2D eigenvalue weighted by Gasteiger charge is 2.25. The minimum atomic E-state index is -1.04. The first kappa shape index (κ1) is 11.2. The highest BCUT2D eigenvalue weighted by Crippen LogP contribution is 2.21. The summed E-state index contributed by atoms with van der Waals surface area (Å²) >= 11 is 0. The molecule has 0 unspecified atom stereocenters. The lowest BCUT2D eigenvalue weighted by Gasteiger charge is -2.14. The molecule has 0 aromatic heterocycles. The zero-order valence-electron chi connectivity index (χ0n) is 8.78. The average Bonchev–Trinajstić information content (AvgIpc) is 2.11. The lowest BCUT2D eigenvalue weighted by atomic mass is 9.91. The van der Waals surface area contributed by atoms with Crippen molar-refractivity contribution in [1.82, 2.24) is 0 Å². The fraction of sp³-hybridized carbons (Fsp3) is 0.273. The number of carbonyl (C=O) groups excluding carboxylic acids is 2. The van der Waals surface area contributed by atoms with Crippen LogP contribution in [0.5, 0.6) is 0 Å². The normalized spacial score (nSPS) is 10.3. The molecule has 4 N–H and O–H groups in total. The van der Waals surface area contributed by atoms with Gasteiger partial charge in [-0.05, 0) is 30.5 Å². The zero-order chi connectivity index (χ0) is 11.6. The number of nitrogens with two attached hydrogens (primary N) is 2. The summed E-state index contributed by atoms with van der Waals surface area (Å²) in [6.45, 7) is 3.74. The van der Waals surface area contributed by atoms with Crippen LogP contribution in [-0.2, 0) is 9.59 Å². The molecule has 2 amide bonds. The van der Waals surface area contributed by atoms with E-state index in [0.29, 0.717) is 5.56 Å². The molecule has 0 saturated carbocycles. The van der Waals surface area contributed by atoms with Gasteiger partial charge in [-0.2, -0.15) is 0 Å². The van der Waals surface area contributed by atoms with E-state index in [-0.39, 0.29) is 0 Å². The Hall–Kier alpha value is -1.84. The molecule has 0 heterocycles. The van der Waals surface area contributed by atoms with Gasteiger partial charge < -0.3 is 11.5 Å². The van der Waals surface area contributed by atoms with Crippen molar-refractivity contribution in [2.45, 2.75) is 19.8 Å². The summed E-state index contributed by atoms with van der Waals surface area (Å²) in [4.78, 5) is 22.3. The maximum absolute atomic E-state index is 11.1. The van der Waals surface area contributed by atoms with Crippen LogP contribution in [0, 0.1) is 13.8 Å². The molecule has 0 spiro atoms. The molecule has 1 rings (SSSR count). The smallest absolute Gasteiger partial charge is 0.234 e. The molecule has 0 fully saturated rings. The first-order chi connectivity index (χ1) is 6.95. The fourth-order valence-corrected chi connectivity index (χ4v) is 1.53. The minimum Gasteiger partial charge on any atom is -0.369 e. The van der Waals surface area contributed by atoms with Gasteiger partial charge in [0.05, 0.1) is 0 Å². The van der Waals surface area contributed by atoms with E-state index < -0.39 is 17.7 Å². The van der Waals surface area contributed by atoms with Crippen LogP contribution in [0.15, 0.2) is 18.2 Å². The first-order valence-electron chi connectivity index (χ1n) is 4.60. The number of rotatable bonds is 3. The minimum absolute atomic E-state index is 0.593. The number of primary amides is 2. The monoisotopic (exact) mass is 206 g/mol. The van der Waals surface area contributed by atoms with Gasteiger partial charge >= 0.3 is 0 Å². The Kier molecular flexibility index (Phi) is 3.09. The van der Waals surface area contributed by atoms with Gasteiger partial charge in [0.1, 0.15) is 5.92 Å². The lowest BCUT2D eigenvalue weighted by molar-refractivity contribution is -0.128. The number of amides is 2. The quantitative estimate of drug-likeness (QED) is 0.699. The van der Waals surface area contributed by atoms with Gasteiger partial charge in [-0.3, -0.25) is 9.59 Å². The molecule has 80 valence electrons. The average molecular weight is 206 g/mol. The van der Waals surface area contributed by atoms with Crippen molar-refractivity contribution in [3.8, 4) is 0 Å². The van der Waals surface area contributed by atoms with Crippen LogP contribution >= 0.6 is 0 Å². The predicted octanol–water partition coefficient (Wildman–Crippen LogP) is 0.358. The van der Waals surface area contributed by atoms with E-state index in [9.17, 15) is 9.59 Å². The Morgan fingerprint density at radius 3 is 2.13 bits per heavy atom. The van der Waals surface area contributed by atoms with E-state index in [0.717, 1.165) is 11.1 Å². The summed E-state index contributed by atoms with van der Waals surface area (Å²) in [5.41, 5.74) is 12.8. The van der Waals surface area contributed by atoms with E-state index in [2.05, 4.69) is 0 Å². The Morgan fingerprint density at radius 1 is 1.13 bits per heavy atom. The van der Waals surface area contributed by atoms with Crippen LogP contribution < -0.4 is 11.5 Å². The SMILES string of the molecule is Cc1cccc(C(C(N)=O)C(N)=O)c1C. The second-order valence-electron chi connectivity index (χ2n) is 3.53. The topological polar surface area (TPSA) is 86.2 Å². The summed E-state index contributed by atoms with van der Waals surface area (Å²) in [6.07, 6.45) is 0. The van der Waals surface area contributed by atoms with Gasteiger partial charge in [0.25, 0.3) is 0 Å². The third kappa shape index (κ3) is 2.15. The Labute approximate surface area is 88.3 Å². The maximum Gasteiger partial charge on any atom is 0.234 e. The van der Waals surface area contributed by atoms with E-state index in [1.165, 1.54) is 0 Å². The van der Waals surface area contributed by atoms with Crippen LogP contribution in [0.4, 0.5) is 0 Å². The highest BCUT2D eigenvalue weighted by atomic mass is 16.2. The summed E-state index contributed by atoms with van der Waals surface area (Å²) in [7, 11) is 0. The molecule has 0 aliphatic rings. The highest BCUT2D eigenvalue weighted by molar-refractivity contribution is 6.04. The van der Waals surface area contributed by atoms with Crippen LogP contribution in [-0.4, -0.2) is 11.8 Å². The summed E-state index contributed by atoms with van der Waals surface area (Å²) in [6, 6.07) is 5.37. The molecule has 4 nitrogen and oxygen atoms in total. The molecule has 0 bridgehead atoms. The number of hydrogen-bond acceptors (Lipinski definition) is 2. The van der Waals surface area contributed by atoms with E-state index in [4.69, 9.17) is 11.5 Å². The molecule has 15 heavy (non-hydrogen) atoms. The zero-order valence-corrected chi connectivity index (χ0v) is 8.78. The number of hydrogen-bond donors (Lipinski definition) is 2. The van der Waals surface area contributed by atoms with Gasteiger partial charge in [0, 0.05) is 0 Å². The third-order valence-corrected chi connectivity index (χ3v) is 2.53. The van der Waals surface area contributed by atoms with Crippen LogP contribution in [0.1, 0.15) is 22.6 Å². The van der Waals surface area contributed by atoms with Crippen LogP contribution in [0.2, 0.25) is 0 Å². The molecule has 1 aromatic rings. The van der Waals surface area contributed by atoms with Crippen molar-refractivity contribution < 1.29 is 9.59 Å². The summed E-state index contributed by atoms with van der Waals surface area (Å²) in [5.74, 6) is -2.46. The molecule has 0 atom stereocenters.